The fourth-order valence-electron chi connectivity index (χ4n) is 2.73. The summed E-state index contributed by atoms with van der Waals surface area (Å²) in [5, 5.41) is 3.78. The number of likely N-dealkylation sites (N-methyl/N-ethyl adjacent to an activating group) is 1. The summed E-state index contributed by atoms with van der Waals surface area (Å²) >= 11 is 6.08. The zero-order valence-corrected chi connectivity index (χ0v) is 16.9. The van der Waals surface area contributed by atoms with E-state index in [2.05, 4.69) is 20.3 Å². The Bertz CT molecular complexity index is 978. The number of amides is 1. The molecule has 0 saturated heterocycles. The van der Waals surface area contributed by atoms with E-state index in [1.165, 1.54) is 0 Å². The van der Waals surface area contributed by atoms with Crippen molar-refractivity contribution in [3.05, 3.63) is 76.3 Å². The van der Waals surface area contributed by atoms with E-state index >= 15 is 0 Å². The lowest BCUT2D eigenvalue weighted by molar-refractivity contribution is 0.0790. The van der Waals surface area contributed by atoms with Crippen molar-refractivity contribution < 1.29 is 4.79 Å². The molecule has 6 nitrogen and oxygen atoms in total. The van der Waals surface area contributed by atoms with Crippen molar-refractivity contribution in [2.75, 3.05) is 18.9 Å². The van der Waals surface area contributed by atoms with Crippen LogP contribution in [-0.4, -0.2) is 39.4 Å². The van der Waals surface area contributed by atoms with Crippen LogP contribution >= 0.6 is 11.6 Å². The standard InChI is InChI=1S/C21H22ClN5O/c1-14-4-5-17(22)13-18(14)25-21-24-15(2)12-19(26-21)20(28)27(3)11-8-16-6-9-23-10-7-16/h4-7,9-10,12-13H,8,11H2,1-3H3,(H,24,25,26). The Balaban J connectivity index is 1.74. The zero-order valence-electron chi connectivity index (χ0n) is 16.1. The predicted octanol–water partition coefficient (Wildman–Crippen LogP) is 4.20. The second kappa shape index (κ2) is 8.80. The lowest BCUT2D eigenvalue weighted by Gasteiger charge is -2.17. The highest BCUT2D eigenvalue weighted by Gasteiger charge is 2.16. The molecule has 0 bridgehead atoms. The molecule has 0 unspecified atom stereocenters. The molecule has 1 amide bonds. The Morgan fingerprint density at radius 3 is 2.61 bits per heavy atom. The summed E-state index contributed by atoms with van der Waals surface area (Å²) in [5.74, 6) is 0.224. The van der Waals surface area contributed by atoms with Gasteiger partial charge < -0.3 is 10.2 Å². The molecule has 0 aliphatic rings. The molecule has 0 spiro atoms. The van der Waals surface area contributed by atoms with Crippen LogP contribution in [0.2, 0.25) is 5.02 Å². The number of carbonyl (C=O) groups excluding carboxylic acids is 1. The fraction of sp³-hybridized carbons (Fsp3) is 0.238. The van der Waals surface area contributed by atoms with E-state index in [1.807, 2.05) is 44.2 Å². The molecule has 0 saturated carbocycles. The highest BCUT2D eigenvalue weighted by atomic mass is 35.5. The first-order valence-electron chi connectivity index (χ1n) is 8.95. The Kier molecular flexibility index (Phi) is 6.21. The van der Waals surface area contributed by atoms with Gasteiger partial charge in [0.2, 0.25) is 5.95 Å². The summed E-state index contributed by atoms with van der Waals surface area (Å²) in [4.78, 5) is 27.3. The highest BCUT2D eigenvalue weighted by molar-refractivity contribution is 6.30. The number of hydrogen-bond acceptors (Lipinski definition) is 5. The van der Waals surface area contributed by atoms with E-state index in [-0.39, 0.29) is 5.91 Å². The SMILES string of the molecule is Cc1cc(C(=O)N(C)CCc2ccncc2)nc(Nc2cc(Cl)ccc2C)n1. The maximum absolute atomic E-state index is 12.8. The Morgan fingerprint density at radius 2 is 1.86 bits per heavy atom. The number of benzene rings is 1. The van der Waals surface area contributed by atoms with Crippen molar-refractivity contribution in [2.45, 2.75) is 20.3 Å². The molecule has 7 heteroatoms. The summed E-state index contributed by atoms with van der Waals surface area (Å²) in [6, 6.07) is 11.1. The second-order valence-corrected chi connectivity index (χ2v) is 7.07. The minimum Gasteiger partial charge on any atom is -0.340 e. The summed E-state index contributed by atoms with van der Waals surface area (Å²) < 4.78 is 0. The third-order valence-corrected chi connectivity index (χ3v) is 4.59. The quantitative estimate of drug-likeness (QED) is 0.677. The summed E-state index contributed by atoms with van der Waals surface area (Å²) in [6.07, 6.45) is 4.25. The third kappa shape index (κ3) is 5.04. The van der Waals surface area contributed by atoms with Gasteiger partial charge in [0.25, 0.3) is 5.91 Å². The summed E-state index contributed by atoms with van der Waals surface area (Å²) in [5.41, 5.74) is 4.02. The monoisotopic (exact) mass is 395 g/mol. The van der Waals surface area contributed by atoms with Crippen LogP contribution < -0.4 is 5.32 Å². The van der Waals surface area contributed by atoms with E-state index in [0.29, 0.717) is 28.9 Å². The number of halogens is 1. The first-order chi connectivity index (χ1) is 13.4. The average Bonchev–Trinajstić information content (AvgIpc) is 2.68. The van der Waals surface area contributed by atoms with Gasteiger partial charge in [-0.3, -0.25) is 9.78 Å². The van der Waals surface area contributed by atoms with E-state index in [4.69, 9.17) is 11.6 Å². The van der Waals surface area contributed by atoms with Gasteiger partial charge >= 0.3 is 0 Å². The van der Waals surface area contributed by atoms with Crippen LogP contribution in [-0.2, 0) is 6.42 Å². The Labute approximate surface area is 169 Å². The van der Waals surface area contributed by atoms with Crippen LogP contribution in [0.15, 0.2) is 48.8 Å². The Hall–Kier alpha value is -2.99. The van der Waals surface area contributed by atoms with Crippen LogP contribution in [0.3, 0.4) is 0 Å². The van der Waals surface area contributed by atoms with Gasteiger partial charge in [0.1, 0.15) is 5.69 Å². The van der Waals surface area contributed by atoms with Crippen molar-refractivity contribution in [3.8, 4) is 0 Å². The van der Waals surface area contributed by atoms with Gasteiger partial charge in [-0.1, -0.05) is 17.7 Å². The normalized spacial score (nSPS) is 10.6. The topological polar surface area (TPSA) is 71.0 Å². The minimum atomic E-state index is -0.148. The molecular weight excluding hydrogens is 374 g/mol. The largest absolute Gasteiger partial charge is 0.340 e. The van der Waals surface area contributed by atoms with Crippen molar-refractivity contribution in [2.24, 2.45) is 0 Å². The van der Waals surface area contributed by atoms with Crippen LogP contribution in [0.4, 0.5) is 11.6 Å². The van der Waals surface area contributed by atoms with Crippen LogP contribution in [0.25, 0.3) is 0 Å². The van der Waals surface area contributed by atoms with Crippen molar-refractivity contribution in [1.82, 2.24) is 19.9 Å². The molecule has 28 heavy (non-hydrogen) atoms. The van der Waals surface area contributed by atoms with E-state index < -0.39 is 0 Å². The molecule has 1 N–H and O–H groups in total. The molecule has 1 aromatic carbocycles. The van der Waals surface area contributed by atoms with E-state index in [9.17, 15) is 4.79 Å². The first-order valence-corrected chi connectivity index (χ1v) is 9.33. The zero-order chi connectivity index (χ0) is 20.1. The number of pyridine rings is 1. The Morgan fingerprint density at radius 1 is 1.11 bits per heavy atom. The van der Waals surface area contributed by atoms with E-state index in [1.54, 1.807) is 30.4 Å². The molecule has 0 radical (unpaired) electrons. The van der Waals surface area contributed by atoms with Crippen LogP contribution in [0.1, 0.15) is 27.3 Å². The molecule has 2 aromatic heterocycles. The lowest BCUT2D eigenvalue weighted by atomic mass is 10.2. The van der Waals surface area contributed by atoms with Crippen molar-refractivity contribution in [1.29, 1.82) is 0 Å². The van der Waals surface area contributed by atoms with Gasteiger partial charge in [0.05, 0.1) is 0 Å². The fourth-order valence-corrected chi connectivity index (χ4v) is 2.90. The number of hydrogen-bond donors (Lipinski definition) is 1. The third-order valence-electron chi connectivity index (χ3n) is 4.35. The molecule has 0 aliphatic carbocycles. The van der Waals surface area contributed by atoms with Gasteiger partial charge in [-0.25, -0.2) is 9.97 Å². The minimum absolute atomic E-state index is 0.148. The second-order valence-electron chi connectivity index (χ2n) is 6.63. The smallest absolute Gasteiger partial charge is 0.272 e. The molecule has 0 aliphatic heterocycles. The number of nitrogens with one attached hydrogen (secondary N) is 1. The van der Waals surface area contributed by atoms with Crippen LogP contribution in [0, 0.1) is 13.8 Å². The molecule has 0 fully saturated rings. The number of nitrogens with zero attached hydrogens (tertiary/aromatic N) is 4. The average molecular weight is 396 g/mol. The van der Waals surface area contributed by atoms with Crippen LogP contribution in [0.5, 0.6) is 0 Å². The molecule has 2 heterocycles. The lowest BCUT2D eigenvalue weighted by Crippen LogP contribution is -2.30. The number of aromatic nitrogens is 3. The number of anilines is 2. The van der Waals surface area contributed by atoms with Crippen molar-refractivity contribution in [3.63, 3.8) is 0 Å². The number of carbonyl (C=O) groups is 1. The molecule has 3 aromatic rings. The van der Waals surface area contributed by atoms with E-state index in [0.717, 1.165) is 23.2 Å². The predicted molar refractivity (Wildman–Crippen MR) is 111 cm³/mol. The number of rotatable bonds is 6. The van der Waals surface area contributed by atoms with Gasteiger partial charge in [-0.05, 0) is 61.7 Å². The molecular formula is C21H22ClN5O. The number of aryl methyl sites for hydroxylation is 2. The van der Waals surface area contributed by atoms with Gasteiger partial charge in [0.15, 0.2) is 0 Å². The molecule has 3 rings (SSSR count). The van der Waals surface area contributed by atoms with Gasteiger partial charge in [-0.2, -0.15) is 0 Å². The highest BCUT2D eigenvalue weighted by Crippen LogP contribution is 2.23. The van der Waals surface area contributed by atoms with Crippen molar-refractivity contribution >= 4 is 29.1 Å². The summed E-state index contributed by atoms with van der Waals surface area (Å²) in [7, 11) is 1.77. The molecule has 0 atom stereocenters. The van der Waals surface area contributed by atoms with Gasteiger partial charge in [-0.15, -0.1) is 0 Å². The first kappa shape index (κ1) is 19.8. The maximum atomic E-state index is 12.8. The summed E-state index contributed by atoms with van der Waals surface area (Å²) in [6.45, 7) is 4.39. The van der Waals surface area contributed by atoms with Gasteiger partial charge in [0, 0.05) is 42.4 Å². The maximum Gasteiger partial charge on any atom is 0.272 e. The molecule has 144 valence electrons.